The number of carbonyl (C=O) groups is 1. The summed E-state index contributed by atoms with van der Waals surface area (Å²) in [5.41, 5.74) is 2.19. The normalized spacial score (nSPS) is 14.8. The van der Waals surface area contributed by atoms with E-state index in [1.54, 1.807) is 6.07 Å². The van der Waals surface area contributed by atoms with Crippen LogP contribution in [0.5, 0.6) is 5.75 Å². The summed E-state index contributed by atoms with van der Waals surface area (Å²) in [4.78, 5) is 22.7. The maximum Gasteiger partial charge on any atom is 0.356 e. The van der Waals surface area contributed by atoms with E-state index in [2.05, 4.69) is 28.7 Å². The van der Waals surface area contributed by atoms with E-state index in [4.69, 9.17) is 9.47 Å². The topological polar surface area (TPSA) is 64.5 Å². The number of ether oxygens (including phenoxy) is 2. The zero-order valence-electron chi connectivity index (χ0n) is 18.9. The highest BCUT2D eigenvalue weighted by Crippen LogP contribution is 2.24. The third kappa shape index (κ3) is 7.61. The molecule has 1 aromatic heterocycles. The van der Waals surface area contributed by atoms with Gasteiger partial charge in [-0.2, -0.15) is 0 Å². The number of halogens is 1. The number of alkyl halides is 1. The molecule has 6 nitrogen and oxygen atoms in total. The number of hydrogen-bond acceptors (Lipinski definition) is 6. The molecule has 0 radical (unpaired) electrons. The second kappa shape index (κ2) is 13.5. The van der Waals surface area contributed by atoms with Crippen molar-refractivity contribution in [3.63, 3.8) is 0 Å². The first kappa shape index (κ1) is 25.3. The molecule has 0 N–H and O–H groups in total. The Morgan fingerprint density at radius 1 is 1.20 bits per heavy atom. The molecule has 166 valence electrons. The van der Waals surface area contributed by atoms with Crippen molar-refractivity contribution in [3.05, 3.63) is 47.3 Å². The van der Waals surface area contributed by atoms with Gasteiger partial charge >= 0.3 is 5.97 Å². The van der Waals surface area contributed by atoms with Gasteiger partial charge in [0, 0.05) is 24.7 Å². The van der Waals surface area contributed by atoms with Crippen LogP contribution in [0.25, 0.3) is 0 Å². The lowest BCUT2D eigenvalue weighted by Crippen LogP contribution is -2.25. The van der Waals surface area contributed by atoms with Gasteiger partial charge < -0.3 is 14.4 Å². The number of benzene rings is 1. The monoisotopic (exact) mass is 419 g/mol. The van der Waals surface area contributed by atoms with E-state index in [1.165, 1.54) is 13.5 Å². The van der Waals surface area contributed by atoms with Crippen LogP contribution >= 0.6 is 0 Å². The van der Waals surface area contributed by atoms with Crippen LogP contribution in [0.4, 0.5) is 10.3 Å². The van der Waals surface area contributed by atoms with Crippen molar-refractivity contribution < 1.29 is 18.7 Å². The van der Waals surface area contributed by atoms with Gasteiger partial charge in [-0.1, -0.05) is 38.5 Å². The first-order valence-electron chi connectivity index (χ1n) is 10.2. The fourth-order valence-corrected chi connectivity index (χ4v) is 2.98. The molecule has 1 aliphatic rings. The lowest BCUT2D eigenvalue weighted by atomic mass is 10.1. The van der Waals surface area contributed by atoms with Crippen molar-refractivity contribution in [3.8, 4) is 5.75 Å². The van der Waals surface area contributed by atoms with Crippen LogP contribution in [-0.2, 0) is 4.74 Å². The Balaban J connectivity index is 0.000000826. The number of nitrogens with zero attached hydrogens (tertiary/aromatic N) is 3. The molecular formula is C23H34FN3O3. The van der Waals surface area contributed by atoms with Crippen LogP contribution in [0.3, 0.4) is 0 Å². The van der Waals surface area contributed by atoms with E-state index in [1.807, 2.05) is 38.1 Å². The Kier molecular flexibility index (Phi) is 11.4. The van der Waals surface area contributed by atoms with E-state index in [0.29, 0.717) is 31.3 Å². The maximum atomic E-state index is 11.7. The van der Waals surface area contributed by atoms with Crippen LogP contribution in [0.1, 0.15) is 48.4 Å². The molecule has 1 atom stereocenters. The molecule has 2 heterocycles. The van der Waals surface area contributed by atoms with Gasteiger partial charge in [0.25, 0.3) is 0 Å². The first-order valence-corrected chi connectivity index (χ1v) is 10.2. The van der Waals surface area contributed by atoms with Crippen molar-refractivity contribution >= 4 is 11.9 Å². The molecule has 0 bridgehead atoms. The highest BCUT2D eigenvalue weighted by molar-refractivity contribution is 5.87. The number of aryl methyl sites for hydroxylation is 2. The number of carbonyl (C=O) groups excluding carboxylic acids is 1. The molecule has 1 unspecified atom stereocenters. The summed E-state index contributed by atoms with van der Waals surface area (Å²) >= 11 is 0. The molecule has 1 aliphatic heterocycles. The zero-order valence-corrected chi connectivity index (χ0v) is 18.9. The quantitative estimate of drug-likeness (QED) is 0.650. The molecule has 30 heavy (non-hydrogen) atoms. The summed E-state index contributed by atoms with van der Waals surface area (Å²) < 4.78 is 20.2. The molecule has 0 amide bonds. The van der Waals surface area contributed by atoms with Crippen molar-refractivity contribution in [1.82, 2.24) is 9.97 Å². The second-order valence-electron chi connectivity index (χ2n) is 7.07. The third-order valence-electron chi connectivity index (χ3n) is 4.37. The fourth-order valence-electron chi connectivity index (χ4n) is 2.98. The van der Waals surface area contributed by atoms with Gasteiger partial charge in [-0.15, -0.1) is 0 Å². The van der Waals surface area contributed by atoms with E-state index in [-0.39, 0.29) is 0 Å². The second-order valence-corrected chi connectivity index (χ2v) is 7.07. The number of esters is 1. The standard InChI is InChI=1S/C19H23N3O3.C3H8.CH3F/c1-13-6-4-5-7-17(13)25-12-15-8-9-22(11-15)19-20-14(2)10-16(21-19)18(23)24-3;1-3-2;1-2/h4-7,10,15H,8-9,11-12H2,1-3H3;3H2,1-2H3;1H3. The maximum absolute atomic E-state index is 11.7. The average Bonchev–Trinajstić information content (AvgIpc) is 3.23. The van der Waals surface area contributed by atoms with Gasteiger partial charge in [-0.3, -0.25) is 4.39 Å². The van der Waals surface area contributed by atoms with E-state index in [9.17, 15) is 9.18 Å². The van der Waals surface area contributed by atoms with Gasteiger partial charge in [-0.05, 0) is 38.0 Å². The molecule has 7 heteroatoms. The predicted molar refractivity (Wildman–Crippen MR) is 118 cm³/mol. The average molecular weight is 420 g/mol. The number of aromatic nitrogens is 2. The largest absolute Gasteiger partial charge is 0.493 e. The highest BCUT2D eigenvalue weighted by Gasteiger charge is 2.26. The van der Waals surface area contributed by atoms with Gasteiger partial charge in [0.05, 0.1) is 20.9 Å². The predicted octanol–water partition coefficient (Wildman–Crippen LogP) is 4.79. The number of para-hydroxylation sites is 1. The van der Waals surface area contributed by atoms with Crippen LogP contribution < -0.4 is 9.64 Å². The van der Waals surface area contributed by atoms with Crippen LogP contribution in [0, 0.1) is 19.8 Å². The van der Waals surface area contributed by atoms with Gasteiger partial charge in [-0.25, -0.2) is 14.8 Å². The van der Waals surface area contributed by atoms with Gasteiger partial charge in [0.15, 0.2) is 5.69 Å². The van der Waals surface area contributed by atoms with Crippen molar-refractivity contribution in [2.75, 3.05) is 38.9 Å². The van der Waals surface area contributed by atoms with E-state index in [0.717, 1.165) is 36.5 Å². The summed E-state index contributed by atoms with van der Waals surface area (Å²) in [5, 5.41) is 0. The summed E-state index contributed by atoms with van der Waals surface area (Å²) in [5.74, 6) is 1.48. The van der Waals surface area contributed by atoms with Gasteiger partial charge in [0.1, 0.15) is 5.75 Å². The SMILES string of the molecule is CCC.CF.COC(=O)c1cc(C)nc(N2CCC(COc3ccccc3C)C2)n1. The minimum atomic E-state index is -0.439. The first-order chi connectivity index (χ1) is 14.5. The van der Waals surface area contributed by atoms with Crippen LogP contribution in [0.2, 0.25) is 0 Å². The molecule has 3 rings (SSSR count). The Morgan fingerprint density at radius 2 is 1.87 bits per heavy atom. The lowest BCUT2D eigenvalue weighted by Gasteiger charge is -2.18. The minimum Gasteiger partial charge on any atom is -0.493 e. The molecule has 1 saturated heterocycles. The molecular weight excluding hydrogens is 385 g/mol. The molecule has 0 aliphatic carbocycles. The number of hydrogen-bond donors (Lipinski definition) is 0. The Bertz CT molecular complexity index is 786. The van der Waals surface area contributed by atoms with Crippen molar-refractivity contribution in [1.29, 1.82) is 0 Å². The molecule has 0 spiro atoms. The van der Waals surface area contributed by atoms with Gasteiger partial charge in [0.2, 0.25) is 5.95 Å². The molecule has 1 aromatic carbocycles. The number of rotatable bonds is 5. The third-order valence-corrected chi connectivity index (χ3v) is 4.37. The number of anilines is 1. The van der Waals surface area contributed by atoms with Crippen molar-refractivity contribution in [2.45, 2.75) is 40.5 Å². The fraction of sp³-hybridized carbons (Fsp3) is 0.522. The van der Waals surface area contributed by atoms with E-state index < -0.39 is 5.97 Å². The zero-order chi connectivity index (χ0) is 22.5. The van der Waals surface area contributed by atoms with E-state index >= 15 is 0 Å². The smallest absolute Gasteiger partial charge is 0.356 e. The summed E-state index contributed by atoms with van der Waals surface area (Å²) in [6.45, 7) is 10.5. The van der Waals surface area contributed by atoms with Crippen molar-refractivity contribution in [2.24, 2.45) is 5.92 Å². The summed E-state index contributed by atoms with van der Waals surface area (Å²) in [6.07, 6.45) is 2.26. The highest BCUT2D eigenvalue weighted by atomic mass is 19.1. The Labute approximate surface area is 179 Å². The summed E-state index contributed by atoms with van der Waals surface area (Å²) in [6, 6.07) is 9.68. The minimum absolute atomic E-state index is 0.296. The van der Waals surface area contributed by atoms with Crippen LogP contribution in [-0.4, -0.2) is 49.9 Å². The Hall–Kier alpha value is -2.70. The van der Waals surface area contributed by atoms with Crippen LogP contribution in [0.15, 0.2) is 30.3 Å². The number of methoxy groups -OCH3 is 1. The lowest BCUT2D eigenvalue weighted by molar-refractivity contribution is 0.0593. The molecule has 1 fully saturated rings. The molecule has 2 aromatic rings. The molecule has 0 saturated carbocycles. The Morgan fingerprint density at radius 3 is 2.50 bits per heavy atom. The summed E-state index contributed by atoms with van der Waals surface area (Å²) in [7, 11) is 1.86.